The lowest BCUT2D eigenvalue weighted by Crippen LogP contribution is -2.10. The van der Waals surface area contributed by atoms with Gasteiger partial charge in [0.1, 0.15) is 0 Å². The maximum Gasteiger partial charge on any atom is 0.190 e. The monoisotopic (exact) mass is 275 g/mol. The van der Waals surface area contributed by atoms with E-state index in [9.17, 15) is 0 Å². The predicted octanol–water partition coefficient (Wildman–Crippen LogP) is 3.50. The number of nitrogens with zero attached hydrogens (tertiary/aromatic N) is 2. The molecule has 0 atom stereocenters. The maximum absolute atomic E-state index is 4.77. The Morgan fingerprint density at radius 3 is 2.68 bits per heavy atom. The maximum atomic E-state index is 4.77. The zero-order valence-corrected chi connectivity index (χ0v) is 12.8. The second-order valence-corrected chi connectivity index (χ2v) is 5.66. The molecule has 0 saturated carbocycles. The van der Waals surface area contributed by atoms with Gasteiger partial charge in [0.2, 0.25) is 0 Å². The summed E-state index contributed by atoms with van der Waals surface area (Å²) in [7, 11) is 4.06. The summed E-state index contributed by atoms with van der Waals surface area (Å²) in [5, 5.41) is 4.28. The molecule has 0 aliphatic rings. The van der Waals surface area contributed by atoms with Gasteiger partial charge in [-0.1, -0.05) is 36.5 Å². The van der Waals surface area contributed by atoms with E-state index in [-0.39, 0.29) is 0 Å². The molecular formula is C15H21N3S. The standard InChI is InChI=1S/C15H21N3S/c1-5-12-14(10-16-3)19-15(17-12)18(4)13-9-7-6-8-11(13)2/h6-9,16H,5,10H2,1-4H3. The van der Waals surface area contributed by atoms with Gasteiger partial charge >= 0.3 is 0 Å². The Bertz CT molecular complexity index is 548. The third kappa shape index (κ3) is 2.96. The molecule has 0 unspecified atom stereocenters. The fourth-order valence-corrected chi connectivity index (χ4v) is 3.27. The molecule has 102 valence electrons. The minimum absolute atomic E-state index is 0.891. The third-order valence-corrected chi connectivity index (χ3v) is 4.38. The summed E-state index contributed by atoms with van der Waals surface area (Å²) in [5.74, 6) is 0. The highest BCUT2D eigenvalue weighted by atomic mass is 32.1. The molecule has 3 nitrogen and oxygen atoms in total. The summed E-state index contributed by atoms with van der Waals surface area (Å²) < 4.78 is 0. The zero-order valence-electron chi connectivity index (χ0n) is 12.0. The molecule has 2 aromatic rings. The first kappa shape index (κ1) is 14.0. The molecule has 1 aromatic heterocycles. The Morgan fingerprint density at radius 2 is 2.05 bits per heavy atom. The highest BCUT2D eigenvalue weighted by molar-refractivity contribution is 7.15. The van der Waals surface area contributed by atoms with Gasteiger partial charge in [-0.3, -0.25) is 0 Å². The normalized spacial score (nSPS) is 10.7. The Morgan fingerprint density at radius 1 is 1.32 bits per heavy atom. The van der Waals surface area contributed by atoms with Crippen molar-refractivity contribution in [3.8, 4) is 0 Å². The molecule has 0 aliphatic carbocycles. The lowest BCUT2D eigenvalue weighted by molar-refractivity contribution is 0.814. The van der Waals surface area contributed by atoms with Crippen molar-refractivity contribution in [1.82, 2.24) is 10.3 Å². The summed E-state index contributed by atoms with van der Waals surface area (Å²) in [6.45, 7) is 5.18. The van der Waals surface area contributed by atoms with Gasteiger partial charge in [0, 0.05) is 24.2 Å². The van der Waals surface area contributed by atoms with Crippen LogP contribution in [0.15, 0.2) is 24.3 Å². The number of thiazole rings is 1. The first-order valence-electron chi connectivity index (χ1n) is 6.60. The molecule has 4 heteroatoms. The number of hydrogen-bond donors (Lipinski definition) is 1. The van der Waals surface area contributed by atoms with Crippen molar-refractivity contribution in [3.63, 3.8) is 0 Å². The molecule has 0 aliphatic heterocycles. The van der Waals surface area contributed by atoms with Gasteiger partial charge in [-0.25, -0.2) is 4.98 Å². The van der Waals surface area contributed by atoms with E-state index in [1.807, 2.05) is 7.05 Å². The van der Waals surface area contributed by atoms with E-state index < -0.39 is 0 Å². The molecule has 1 heterocycles. The van der Waals surface area contributed by atoms with Crippen LogP contribution < -0.4 is 10.2 Å². The Balaban J connectivity index is 2.34. The van der Waals surface area contributed by atoms with E-state index in [4.69, 9.17) is 4.98 Å². The minimum Gasteiger partial charge on any atom is -0.321 e. The number of rotatable bonds is 5. The molecule has 0 amide bonds. The van der Waals surface area contributed by atoms with Gasteiger partial charge in [0.05, 0.1) is 5.69 Å². The second kappa shape index (κ2) is 6.17. The van der Waals surface area contributed by atoms with Crippen LogP contribution in [0.2, 0.25) is 0 Å². The summed E-state index contributed by atoms with van der Waals surface area (Å²) >= 11 is 1.77. The van der Waals surface area contributed by atoms with Gasteiger partial charge in [-0.15, -0.1) is 0 Å². The smallest absolute Gasteiger partial charge is 0.190 e. The molecule has 0 radical (unpaired) electrons. The van der Waals surface area contributed by atoms with Crippen LogP contribution in [0.25, 0.3) is 0 Å². The number of hydrogen-bond acceptors (Lipinski definition) is 4. The number of anilines is 2. The third-order valence-electron chi connectivity index (χ3n) is 3.20. The SMILES string of the molecule is CCc1nc(N(C)c2ccccc2C)sc1CNC. The molecule has 1 aromatic carbocycles. The van der Waals surface area contributed by atoms with Gasteiger partial charge in [0.25, 0.3) is 0 Å². The summed E-state index contributed by atoms with van der Waals surface area (Å²) in [4.78, 5) is 8.28. The highest BCUT2D eigenvalue weighted by Gasteiger charge is 2.14. The lowest BCUT2D eigenvalue weighted by Gasteiger charge is -2.18. The van der Waals surface area contributed by atoms with Crippen LogP contribution in [0, 0.1) is 6.92 Å². The Hall–Kier alpha value is -1.39. The van der Waals surface area contributed by atoms with Crippen molar-refractivity contribution in [2.24, 2.45) is 0 Å². The highest BCUT2D eigenvalue weighted by Crippen LogP contribution is 2.32. The molecule has 2 rings (SSSR count). The van der Waals surface area contributed by atoms with E-state index >= 15 is 0 Å². The molecule has 0 spiro atoms. The van der Waals surface area contributed by atoms with Crippen LogP contribution in [0.5, 0.6) is 0 Å². The average molecular weight is 275 g/mol. The van der Waals surface area contributed by atoms with E-state index in [1.54, 1.807) is 11.3 Å². The number of aromatic nitrogens is 1. The number of para-hydroxylation sites is 1. The summed E-state index contributed by atoms with van der Waals surface area (Å²) in [6, 6.07) is 8.41. The Labute approximate surface area is 119 Å². The molecule has 0 fully saturated rings. The second-order valence-electron chi connectivity index (χ2n) is 4.60. The number of nitrogens with one attached hydrogen (secondary N) is 1. The summed E-state index contributed by atoms with van der Waals surface area (Å²) in [5.41, 5.74) is 3.69. The lowest BCUT2D eigenvalue weighted by atomic mass is 10.2. The van der Waals surface area contributed by atoms with Crippen molar-refractivity contribution in [1.29, 1.82) is 0 Å². The topological polar surface area (TPSA) is 28.2 Å². The van der Waals surface area contributed by atoms with Crippen LogP contribution in [0.3, 0.4) is 0 Å². The van der Waals surface area contributed by atoms with Crippen molar-refractivity contribution < 1.29 is 0 Å². The van der Waals surface area contributed by atoms with E-state index in [0.717, 1.165) is 18.1 Å². The number of benzene rings is 1. The average Bonchev–Trinajstić information content (AvgIpc) is 2.82. The van der Waals surface area contributed by atoms with Gasteiger partial charge in [-0.05, 0) is 32.0 Å². The van der Waals surface area contributed by atoms with Crippen molar-refractivity contribution >= 4 is 22.2 Å². The van der Waals surface area contributed by atoms with Crippen molar-refractivity contribution in [2.45, 2.75) is 26.8 Å². The minimum atomic E-state index is 0.891. The van der Waals surface area contributed by atoms with Crippen molar-refractivity contribution in [2.75, 3.05) is 19.0 Å². The van der Waals surface area contributed by atoms with Crippen LogP contribution in [-0.2, 0) is 13.0 Å². The van der Waals surface area contributed by atoms with E-state index in [0.29, 0.717) is 0 Å². The van der Waals surface area contributed by atoms with Crippen LogP contribution in [0.4, 0.5) is 10.8 Å². The molecule has 0 bridgehead atoms. The molecular weight excluding hydrogens is 254 g/mol. The quantitative estimate of drug-likeness (QED) is 0.905. The molecule has 0 saturated heterocycles. The Kier molecular flexibility index (Phi) is 4.56. The number of aryl methyl sites for hydroxylation is 2. The van der Waals surface area contributed by atoms with Gasteiger partial charge in [0.15, 0.2) is 5.13 Å². The largest absolute Gasteiger partial charge is 0.321 e. The van der Waals surface area contributed by atoms with E-state index in [1.165, 1.54) is 21.8 Å². The fourth-order valence-electron chi connectivity index (χ4n) is 2.13. The first-order valence-corrected chi connectivity index (χ1v) is 7.41. The van der Waals surface area contributed by atoms with Crippen LogP contribution in [-0.4, -0.2) is 19.1 Å². The van der Waals surface area contributed by atoms with Gasteiger partial charge in [-0.2, -0.15) is 0 Å². The van der Waals surface area contributed by atoms with Gasteiger partial charge < -0.3 is 10.2 Å². The van der Waals surface area contributed by atoms with Crippen molar-refractivity contribution in [3.05, 3.63) is 40.4 Å². The summed E-state index contributed by atoms with van der Waals surface area (Å²) in [6.07, 6.45) is 0.981. The fraction of sp³-hybridized carbons (Fsp3) is 0.400. The predicted molar refractivity (Wildman–Crippen MR) is 83.5 cm³/mol. The molecule has 1 N–H and O–H groups in total. The van der Waals surface area contributed by atoms with Crippen LogP contribution >= 0.6 is 11.3 Å². The first-order chi connectivity index (χ1) is 9.17. The van der Waals surface area contributed by atoms with E-state index in [2.05, 4.69) is 55.4 Å². The molecule has 19 heavy (non-hydrogen) atoms. The zero-order chi connectivity index (χ0) is 13.8. The van der Waals surface area contributed by atoms with Crippen LogP contribution in [0.1, 0.15) is 23.1 Å².